The molecule has 1 saturated heterocycles. The summed E-state index contributed by atoms with van der Waals surface area (Å²) < 4.78 is 7.56. The SMILES string of the molecule is Cc1ccc(N)cc1-n1ccc2ccc(OCCN3CCCC3)cc2c1=O. The summed E-state index contributed by atoms with van der Waals surface area (Å²) >= 11 is 0. The van der Waals surface area contributed by atoms with Crippen molar-refractivity contribution in [2.75, 3.05) is 32.0 Å². The Kier molecular flexibility index (Phi) is 4.86. The highest BCUT2D eigenvalue weighted by Gasteiger charge is 2.12. The molecule has 0 aliphatic carbocycles. The molecule has 2 N–H and O–H groups in total. The quantitative estimate of drug-likeness (QED) is 0.706. The van der Waals surface area contributed by atoms with E-state index < -0.39 is 0 Å². The van der Waals surface area contributed by atoms with Gasteiger partial charge in [0.25, 0.3) is 5.56 Å². The van der Waals surface area contributed by atoms with E-state index in [1.807, 2.05) is 49.4 Å². The van der Waals surface area contributed by atoms with E-state index >= 15 is 0 Å². The summed E-state index contributed by atoms with van der Waals surface area (Å²) in [6.45, 7) is 5.86. The fourth-order valence-electron chi connectivity index (χ4n) is 3.68. The van der Waals surface area contributed by atoms with Gasteiger partial charge in [-0.15, -0.1) is 0 Å². The lowest BCUT2D eigenvalue weighted by Gasteiger charge is -2.15. The van der Waals surface area contributed by atoms with Crippen molar-refractivity contribution in [3.05, 3.63) is 64.6 Å². The Hall–Kier alpha value is -2.79. The number of nitrogens with zero attached hydrogens (tertiary/aromatic N) is 2. The Morgan fingerprint density at radius 1 is 1.07 bits per heavy atom. The van der Waals surface area contributed by atoms with Crippen LogP contribution in [-0.4, -0.2) is 35.7 Å². The summed E-state index contributed by atoms with van der Waals surface area (Å²) in [6, 6.07) is 13.3. The number of aryl methyl sites for hydroxylation is 1. The van der Waals surface area contributed by atoms with Crippen LogP contribution >= 0.6 is 0 Å². The summed E-state index contributed by atoms with van der Waals surface area (Å²) in [4.78, 5) is 15.5. The molecule has 140 valence electrons. The molecule has 0 bridgehead atoms. The van der Waals surface area contributed by atoms with Crippen LogP contribution in [0.2, 0.25) is 0 Å². The molecule has 0 atom stereocenters. The first-order chi connectivity index (χ1) is 13.1. The van der Waals surface area contributed by atoms with E-state index in [-0.39, 0.29) is 5.56 Å². The van der Waals surface area contributed by atoms with Crippen molar-refractivity contribution >= 4 is 16.5 Å². The maximum Gasteiger partial charge on any atom is 0.263 e. The first-order valence-electron chi connectivity index (χ1n) is 9.49. The molecule has 2 heterocycles. The number of fused-ring (bicyclic) bond motifs is 1. The molecule has 0 radical (unpaired) electrons. The van der Waals surface area contributed by atoms with Gasteiger partial charge in [0.2, 0.25) is 0 Å². The van der Waals surface area contributed by atoms with Crippen LogP contribution in [0.1, 0.15) is 18.4 Å². The maximum atomic E-state index is 13.1. The number of likely N-dealkylation sites (tertiary alicyclic amines) is 1. The zero-order valence-corrected chi connectivity index (χ0v) is 15.6. The van der Waals surface area contributed by atoms with Crippen LogP contribution < -0.4 is 16.0 Å². The van der Waals surface area contributed by atoms with Gasteiger partial charge in [-0.05, 0) is 74.1 Å². The smallest absolute Gasteiger partial charge is 0.263 e. The summed E-state index contributed by atoms with van der Waals surface area (Å²) in [5, 5.41) is 1.56. The fourth-order valence-corrected chi connectivity index (χ4v) is 3.68. The predicted octanol–water partition coefficient (Wildman–Crippen LogP) is 3.36. The van der Waals surface area contributed by atoms with E-state index in [0.717, 1.165) is 42.0 Å². The molecule has 0 spiro atoms. The summed E-state index contributed by atoms with van der Waals surface area (Å²) in [5.41, 5.74) is 8.31. The number of nitrogens with two attached hydrogens (primary N) is 1. The standard InChI is InChI=1S/C22H25N3O2/c1-16-4-6-18(23)14-21(16)25-11-8-17-5-7-19(15-20(17)22(25)26)27-13-12-24-9-2-3-10-24/h4-8,11,14-15H,2-3,9-10,12-13,23H2,1H3. The summed E-state index contributed by atoms with van der Waals surface area (Å²) in [7, 11) is 0. The zero-order chi connectivity index (χ0) is 18.8. The molecule has 5 nitrogen and oxygen atoms in total. The van der Waals surface area contributed by atoms with E-state index in [1.54, 1.807) is 10.8 Å². The van der Waals surface area contributed by atoms with Crippen molar-refractivity contribution in [1.82, 2.24) is 9.47 Å². The molecule has 1 aliphatic rings. The molecular formula is C22H25N3O2. The van der Waals surface area contributed by atoms with Crippen molar-refractivity contribution in [2.45, 2.75) is 19.8 Å². The van der Waals surface area contributed by atoms with Crippen LogP contribution in [0.5, 0.6) is 5.75 Å². The van der Waals surface area contributed by atoms with Crippen LogP contribution in [0.4, 0.5) is 5.69 Å². The molecule has 27 heavy (non-hydrogen) atoms. The number of hydrogen-bond acceptors (Lipinski definition) is 4. The number of hydrogen-bond donors (Lipinski definition) is 1. The van der Waals surface area contributed by atoms with E-state index in [2.05, 4.69) is 4.90 Å². The Labute approximate surface area is 159 Å². The summed E-state index contributed by atoms with van der Waals surface area (Å²) in [6.07, 6.45) is 4.36. The Morgan fingerprint density at radius 2 is 1.89 bits per heavy atom. The minimum absolute atomic E-state index is 0.0637. The van der Waals surface area contributed by atoms with E-state index in [9.17, 15) is 4.79 Å². The minimum atomic E-state index is -0.0637. The predicted molar refractivity (Wildman–Crippen MR) is 110 cm³/mol. The van der Waals surface area contributed by atoms with Gasteiger partial charge in [-0.1, -0.05) is 12.1 Å². The van der Waals surface area contributed by atoms with Gasteiger partial charge in [-0.2, -0.15) is 0 Å². The van der Waals surface area contributed by atoms with Gasteiger partial charge in [-0.3, -0.25) is 14.3 Å². The lowest BCUT2D eigenvalue weighted by molar-refractivity contribution is 0.238. The normalized spacial score (nSPS) is 14.7. The van der Waals surface area contributed by atoms with Crippen LogP contribution in [0.15, 0.2) is 53.5 Å². The topological polar surface area (TPSA) is 60.5 Å². The van der Waals surface area contributed by atoms with Gasteiger partial charge >= 0.3 is 0 Å². The molecule has 4 rings (SSSR count). The number of benzene rings is 2. The highest BCUT2D eigenvalue weighted by molar-refractivity contribution is 5.83. The molecule has 0 unspecified atom stereocenters. The third kappa shape index (κ3) is 3.69. The molecular weight excluding hydrogens is 338 g/mol. The third-order valence-corrected chi connectivity index (χ3v) is 5.24. The molecule has 0 amide bonds. The molecule has 1 aliphatic heterocycles. The van der Waals surface area contributed by atoms with Crippen molar-refractivity contribution in [1.29, 1.82) is 0 Å². The number of anilines is 1. The Morgan fingerprint density at radius 3 is 2.70 bits per heavy atom. The number of aromatic nitrogens is 1. The van der Waals surface area contributed by atoms with Gasteiger partial charge in [0, 0.05) is 18.4 Å². The lowest BCUT2D eigenvalue weighted by atomic mass is 10.1. The van der Waals surface area contributed by atoms with Crippen LogP contribution in [0.3, 0.4) is 0 Å². The highest BCUT2D eigenvalue weighted by Crippen LogP contribution is 2.21. The second-order valence-corrected chi connectivity index (χ2v) is 7.18. The lowest BCUT2D eigenvalue weighted by Crippen LogP contribution is -2.25. The molecule has 5 heteroatoms. The second-order valence-electron chi connectivity index (χ2n) is 7.18. The fraction of sp³-hybridized carbons (Fsp3) is 0.318. The van der Waals surface area contributed by atoms with E-state index in [1.165, 1.54) is 12.8 Å². The van der Waals surface area contributed by atoms with Crippen molar-refractivity contribution in [3.63, 3.8) is 0 Å². The molecule has 2 aromatic carbocycles. The molecule has 1 fully saturated rings. The number of nitrogen functional groups attached to an aromatic ring is 1. The minimum Gasteiger partial charge on any atom is -0.492 e. The summed E-state index contributed by atoms with van der Waals surface area (Å²) in [5.74, 6) is 0.737. The average Bonchev–Trinajstić information content (AvgIpc) is 3.18. The highest BCUT2D eigenvalue weighted by atomic mass is 16.5. The first-order valence-corrected chi connectivity index (χ1v) is 9.49. The largest absolute Gasteiger partial charge is 0.492 e. The molecule has 3 aromatic rings. The van der Waals surface area contributed by atoms with Gasteiger partial charge in [0.05, 0.1) is 11.1 Å². The number of rotatable bonds is 5. The molecule has 0 saturated carbocycles. The number of pyridine rings is 1. The number of ether oxygens (including phenoxy) is 1. The monoisotopic (exact) mass is 363 g/mol. The molecule has 1 aromatic heterocycles. The van der Waals surface area contributed by atoms with Crippen LogP contribution in [0, 0.1) is 6.92 Å². The van der Waals surface area contributed by atoms with Crippen molar-refractivity contribution < 1.29 is 4.74 Å². The van der Waals surface area contributed by atoms with Crippen LogP contribution in [0.25, 0.3) is 16.5 Å². The van der Waals surface area contributed by atoms with Gasteiger partial charge in [0.15, 0.2) is 0 Å². The van der Waals surface area contributed by atoms with Crippen LogP contribution in [-0.2, 0) is 0 Å². The average molecular weight is 363 g/mol. The van der Waals surface area contributed by atoms with Gasteiger partial charge in [-0.25, -0.2) is 0 Å². The first kappa shape index (κ1) is 17.6. The van der Waals surface area contributed by atoms with Crippen molar-refractivity contribution in [3.8, 4) is 11.4 Å². The van der Waals surface area contributed by atoms with Gasteiger partial charge < -0.3 is 10.5 Å². The zero-order valence-electron chi connectivity index (χ0n) is 15.6. The van der Waals surface area contributed by atoms with Crippen molar-refractivity contribution in [2.24, 2.45) is 0 Å². The third-order valence-electron chi connectivity index (χ3n) is 5.24. The van der Waals surface area contributed by atoms with Gasteiger partial charge in [0.1, 0.15) is 12.4 Å². The Balaban J connectivity index is 1.63. The Bertz CT molecular complexity index is 1020. The van der Waals surface area contributed by atoms with E-state index in [0.29, 0.717) is 17.7 Å². The maximum absolute atomic E-state index is 13.1. The second kappa shape index (κ2) is 7.45. The van der Waals surface area contributed by atoms with E-state index in [4.69, 9.17) is 10.5 Å².